The zero-order valence-electron chi connectivity index (χ0n) is 21.8. The smallest absolute Gasteiger partial charge is 0.338 e. The first-order valence-corrected chi connectivity index (χ1v) is 13.2. The highest BCUT2D eigenvalue weighted by Crippen LogP contribution is 2.36. The molecule has 0 radical (unpaired) electrons. The van der Waals surface area contributed by atoms with Crippen LogP contribution in [-0.4, -0.2) is 23.8 Å². The summed E-state index contributed by atoms with van der Waals surface area (Å²) in [5.74, 6) is 0.598. The van der Waals surface area contributed by atoms with Crippen molar-refractivity contribution in [2.45, 2.75) is 38.8 Å². The molecule has 1 atom stereocenters. The summed E-state index contributed by atoms with van der Waals surface area (Å²) in [4.78, 5) is 12.8. The highest BCUT2D eigenvalue weighted by molar-refractivity contribution is 5.91. The average molecular weight is 502 g/mol. The monoisotopic (exact) mass is 501 g/mol. The van der Waals surface area contributed by atoms with Crippen LogP contribution < -0.4 is 4.74 Å². The Morgan fingerprint density at radius 2 is 1.63 bits per heavy atom. The summed E-state index contributed by atoms with van der Waals surface area (Å²) in [5, 5.41) is 1.24. The van der Waals surface area contributed by atoms with Gasteiger partial charge in [-0.25, -0.2) is 4.79 Å². The Kier molecular flexibility index (Phi) is 6.47. The molecule has 0 spiro atoms. The number of rotatable bonds is 6. The van der Waals surface area contributed by atoms with E-state index in [0.717, 1.165) is 37.1 Å². The molecular weight excluding hydrogens is 470 g/mol. The number of aryl methyl sites for hydroxylation is 1. The standard InChI is InChI=1S/C34H31NO3/c1-23-8-10-24(11-9-23)22-35-32-18-14-27(25-12-15-28(37-2)16-13-25)20-30(32)31-21-29(17-19-33(31)35)38-34(36)26-6-4-3-5-7-26/h3-16,18,20,29H,17,19,21-22H2,1-2H3. The molecule has 5 aromatic rings. The molecule has 0 bridgehead atoms. The maximum absolute atomic E-state index is 12.8. The molecule has 190 valence electrons. The van der Waals surface area contributed by atoms with Crippen molar-refractivity contribution in [2.75, 3.05) is 7.11 Å². The van der Waals surface area contributed by atoms with Crippen LogP contribution in [-0.2, 0) is 24.1 Å². The topological polar surface area (TPSA) is 40.5 Å². The van der Waals surface area contributed by atoms with Crippen LogP contribution in [0, 0.1) is 6.92 Å². The number of hydrogen-bond acceptors (Lipinski definition) is 3. The predicted molar refractivity (Wildman–Crippen MR) is 152 cm³/mol. The van der Waals surface area contributed by atoms with Gasteiger partial charge in [-0.15, -0.1) is 0 Å². The van der Waals surface area contributed by atoms with Gasteiger partial charge in [-0.3, -0.25) is 0 Å². The van der Waals surface area contributed by atoms with Gasteiger partial charge in [0.25, 0.3) is 0 Å². The van der Waals surface area contributed by atoms with Gasteiger partial charge in [0.1, 0.15) is 11.9 Å². The molecule has 0 saturated carbocycles. The number of aromatic nitrogens is 1. The largest absolute Gasteiger partial charge is 0.497 e. The summed E-state index contributed by atoms with van der Waals surface area (Å²) in [6.45, 7) is 2.94. The first kappa shape index (κ1) is 24.1. The lowest BCUT2D eigenvalue weighted by Crippen LogP contribution is -2.26. The Morgan fingerprint density at radius 3 is 2.37 bits per heavy atom. The van der Waals surface area contributed by atoms with Gasteiger partial charge in [0.15, 0.2) is 0 Å². The van der Waals surface area contributed by atoms with Crippen molar-refractivity contribution >= 4 is 16.9 Å². The van der Waals surface area contributed by atoms with E-state index in [-0.39, 0.29) is 12.1 Å². The number of hydrogen-bond donors (Lipinski definition) is 0. The van der Waals surface area contributed by atoms with Gasteiger partial charge in [0, 0.05) is 29.6 Å². The lowest BCUT2D eigenvalue weighted by Gasteiger charge is -2.24. The number of carbonyl (C=O) groups is 1. The van der Waals surface area contributed by atoms with Crippen LogP contribution in [0.15, 0.2) is 97.1 Å². The van der Waals surface area contributed by atoms with E-state index in [1.54, 1.807) is 7.11 Å². The Morgan fingerprint density at radius 1 is 0.895 bits per heavy atom. The number of benzene rings is 4. The van der Waals surface area contributed by atoms with Crippen LogP contribution in [0.25, 0.3) is 22.0 Å². The zero-order valence-corrected chi connectivity index (χ0v) is 21.8. The number of fused-ring (bicyclic) bond motifs is 3. The molecular formula is C34H31NO3. The van der Waals surface area contributed by atoms with Crippen LogP contribution in [0.3, 0.4) is 0 Å². The van der Waals surface area contributed by atoms with E-state index in [0.29, 0.717) is 5.56 Å². The van der Waals surface area contributed by atoms with Gasteiger partial charge in [0.05, 0.1) is 12.7 Å². The first-order valence-electron chi connectivity index (χ1n) is 13.2. The van der Waals surface area contributed by atoms with Crippen molar-refractivity contribution < 1.29 is 14.3 Å². The molecule has 0 N–H and O–H groups in total. The molecule has 1 aliphatic rings. The third-order valence-corrected chi connectivity index (χ3v) is 7.59. The molecule has 1 unspecified atom stereocenters. The molecule has 6 rings (SSSR count). The molecule has 0 amide bonds. The highest BCUT2D eigenvalue weighted by Gasteiger charge is 2.28. The van der Waals surface area contributed by atoms with Gasteiger partial charge in [-0.2, -0.15) is 0 Å². The van der Waals surface area contributed by atoms with E-state index >= 15 is 0 Å². The summed E-state index contributed by atoms with van der Waals surface area (Å²) in [7, 11) is 1.69. The fraction of sp³-hybridized carbons (Fsp3) is 0.206. The highest BCUT2D eigenvalue weighted by atomic mass is 16.5. The van der Waals surface area contributed by atoms with Crippen LogP contribution in [0.2, 0.25) is 0 Å². The molecule has 38 heavy (non-hydrogen) atoms. The van der Waals surface area contributed by atoms with Gasteiger partial charge in [0.2, 0.25) is 0 Å². The van der Waals surface area contributed by atoms with E-state index < -0.39 is 0 Å². The normalized spacial score (nSPS) is 14.7. The summed E-state index contributed by atoms with van der Waals surface area (Å²) in [6.07, 6.45) is 2.28. The van der Waals surface area contributed by atoms with E-state index in [9.17, 15) is 4.79 Å². The SMILES string of the molecule is COc1ccc(-c2ccc3c(c2)c2c(n3Cc3ccc(C)cc3)CCC(OC(=O)c3ccccc3)C2)cc1. The predicted octanol–water partition coefficient (Wildman–Crippen LogP) is 7.39. The maximum atomic E-state index is 12.8. The quantitative estimate of drug-likeness (QED) is 0.228. The van der Waals surface area contributed by atoms with Gasteiger partial charge < -0.3 is 14.0 Å². The summed E-state index contributed by atoms with van der Waals surface area (Å²) in [6, 6.07) is 33.0. The molecule has 0 fully saturated rings. The molecule has 0 aliphatic heterocycles. The third-order valence-electron chi connectivity index (χ3n) is 7.59. The minimum absolute atomic E-state index is 0.140. The molecule has 4 heteroatoms. The van der Waals surface area contributed by atoms with Crippen LogP contribution >= 0.6 is 0 Å². The Labute approximate surface area is 223 Å². The molecule has 0 saturated heterocycles. The summed E-state index contributed by atoms with van der Waals surface area (Å²) >= 11 is 0. The van der Waals surface area contributed by atoms with Crippen molar-refractivity contribution in [2.24, 2.45) is 0 Å². The fourth-order valence-corrected chi connectivity index (χ4v) is 5.53. The van der Waals surface area contributed by atoms with E-state index in [4.69, 9.17) is 9.47 Å². The number of carbonyl (C=O) groups excluding carboxylic acids is 1. The summed E-state index contributed by atoms with van der Waals surface area (Å²) < 4.78 is 13.8. The van der Waals surface area contributed by atoms with Crippen molar-refractivity contribution in [3.63, 3.8) is 0 Å². The van der Waals surface area contributed by atoms with E-state index in [1.807, 2.05) is 42.5 Å². The van der Waals surface area contributed by atoms with Crippen LogP contribution in [0.1, 0.15) is 39.2 Å². The zero-order chi connectivity index (χ0) is 26.1. The van der Waals surface area contributed by atoms with Gasteiger partial charge in [-0.05, 0) is 78.4 Å². The maximum Gasteiger partial charge on any atom is 0.338 e. The molecule has 4 aromatic carbocycles. The molecule has 1 aromatic heterocycles. The number of ether oxygens (including phenoxy) is 2. The van der Waals surface area contributed by atoms with E-state index in [2.05, 4.69) is 66.1 Å². The lowest BCUT2D eigenvalue weighted by molar-refractivity contribution is 0.0270. The fourth-order valence-electron chi connectivity index (χ4n) is 5.53. The molecule has 1 aliphatic carbocycles. The first-order chi connectivity index (χ1) is 18.6. The minimum atomic E-state index is -0.249. The van der Waals surface area contributed by atoms with Crippen molar-refractivity contribution in [3.05, 3.63) is 125 Å². The second-order valence-corrected chi connectivity index (χ2v) is 10.1. The Bertz CT molecular complexity index is 1580. The van der Waals surface area contributed by atoms with Crippen LogP contribution in [0.5, 0.6) is 5.75 Å². The molecule has 4 nitrogen and oxygen atoms in total. The second kappa shape index (κ2) is 10.2. The third kappa shape index (κ3) is 4.70. The van der Waals surface area contributed by atoms with Crippen molar-refractivity contribution in [1.29, 1.82) is 0 Å². The summed E-state index contributed by atoms with van der Waals surface area (Å²) in [5.41, 5.74) is 9.32. The Balaban J connectivity index is 1.38. The van der Waals surface area contributed by atoms with E-state index in [1.165, 1.54) is 38.9 Å². The Hall–Kier alpha value is -4.31. The van der Waals surface area contributed by atoms with Crippen molar-refractivity contribution in [1.82, 2.24) is 4.57 Å². The average Bonchev–Trinajstić information content (AvgIpc) is 3.26. The van der Waals surface area contributed by atoms with Gasteiger partial charge >= 0.3 is 5.97 Å². The minimum Gasteiger partial charge on any atom is -0.497 e. The number of esters is 1. The second-order valence-electron chi connectivity index (χ2n) is 10.1. The molecule has 1 heterocycles. The number of methoxy groups -OCH3 is 1. The number of nitrogens with zero attached hydrogens (tertiary/aromatic N) is 1. The van der Waals surface area contributed by atoms with Crippen LogP contribution in [0.4, 0.5) is 0 Å². The van der Waals surface area contributed by atoms with Crippen molar-refractivity contribution in [3.8, 4) is 16.9 Å². The van der Waals surface area contributed by atoms with Gasteiger partial charge in [-0.1, -0.05) is 66.2 Å². The lowest BCUT2D eigenvalue weighted by atomic mass is 9.92.